The predicted molar refractivity (Wildman–Crippen MR) is 91.9 cm³/mol. The Labute approximate surface area is 141 Å². The highest BCUT2D eigenvalue weighted by Crippen LogP contribution is 2.27. The summed E-state index contributed by atoms with van der Waals surface area (Å²) >= 11 is 0. The molecule has 4 rings (SSSR count). The summed E-state index contributed by atoms with van der Waals surface area (Å²) in [6, 6.07) is 8.40. The molecule has 24 heavy (non-hydrogen) atoms. The lowest BCUT2D eigenvalue weighted by Gasteiger charge is -2.39. The molecule has 3 atom stereocenters. The third-order valence-electron chi connectivity index (χ3n) is 5.17. The molecule has 0 radical (unpaired) electrons. The van der Waals surface area contributed by atoms with Gasteiger partial charge in [0.25, 0.3) is 0 Å². The zero-order valence-corrected chi connectivity index (χ0v) is 14.0. The number of para-hydroxylation sites is 1. The maximum absolute atomic E-state index is 12.5. The molecule has 1 saturated carbocycles. The summed E-state index contributed by atoms with van der Waals surface area (Å²) in [5.41, 5.74) is 2.24. The van der Waals surface area contributed by atoms with Gasteiger partial charge in [-0.25, -0.2) is 0 Å². The highest BCUT2D eigenvalue weighted by molar-refractivity contribution is 5.89. The lowest BCUT2D eigenvalue weighted by atomic mass is 9.89. The Morgan fingerprint density at radius 3 is 2.88 bits per heavy atom. The third kappa shape index (κ3) is 3.06. The summed E-state index contributed by atoms with van der Waals surface area (Å²) in [6.45, 7) is 1.36. The van der Waals surface area contributed by atoms with E-state index in [4.69, 9.17) is 9.47 Å². The first-order chi connectivity index (χ1) is 11.7. The number of aryl methyl sites for hydroxylation is 1. The molecule has 1 aromatic heterocycles. The maximum atomic E-state index is 12.5. The van der Waals surface area contributed by atoms with Crippen LogP contribution in [0.3, 0.4) is 0 Å². The van der Waals surface area contributed by atoms with E-state index in [1.165, 1.54) is 0 Å². The van der Waals surface area contributed by atoms with Gasteiger partial charge < -0.3 is 19.4 Å². The minimum absolute atomic E-state index is 0.0894. The Balaban J connectivity index is 1.39. The summed E-state index contributed by atoms with van der Waals surface area (Å²) in [5.74, 6) is 0.0894. The fraction of sp³-hybridized carbons (Fsp3) is 0.526. The average molecular weight is 328 g/mol. The summed E-state index contributed by atoms with van der Waals surface area (Å²) < 4.78 is 13.6. The largest absolute Gasteiger partial charge is 0.373 e. The van der Waals surface area contributed by atoms with Crippen molar-refractivity contribution < 1.29 is 14.3 Å². The lowest BCUT2D eigenvalue weighted by molar-refractivity contribution is -0.158. The van der Waals surface area contributed by atoms with E-state index in [2.05, 4.69) is 28.2 Å². The van der Waals surface area contributed by atoms with Crippen molar-refractivity contribution in [1.29, 1.82) is 0 Å². The van der Waals surface area contributed by atoms with Crippen LogP contribution in [0, 0.1) is 0 Å². The molecule has 2 heterocycles. The SMILES string of the molecule is Cn1cc(CC(=O)N[C@@H]2CC[C@H]3OCCO[C@@H]3C2)c2ccccc21. The van der Waals surface area contributed by atoms with Crippen LogP contribution in [0.5, 0.6) is 0 Å². The molecule has 5 nitrogen and oxygen atoms in total. The van der Waals surface area contributed by atoms with Gasteiger partial charge in [-0.2, -0.15) is 0 Å². The van der Waals surface area contributed by atoms with Crippen LogP contribution in [-0.2, 0) is 27.7 Å². The molecule has 1 aliphatic carbocycles. The first-order valence-corrected chi connectivity index (χ1v) is 8.76. The number of carbonyl (C=O) groups is 1. The van der Waals surface area contributed by atoms with Crippen molar-refractivity contribution in [2.45, 2.75) is 43.9 Å². The number of ether oxygens (including phenoxy) is 2. The van der Waals surface area contributed by atoms with E-state index in [0.717, 1.165) is 35.7 Å². The molecule has 1 saturated heterocycles. The summed E-state index contributed by atoms with van der Waals surface area (Å²) in [5, 5.41) is 4.35. The summed E-state index contributed by atoms with van der Waals surface area (Å²) in [6.07, 6.45) is 5.60. The van der Waals surface area contributed by atoms with Gasteiger partial charge in [-0.15, -0.1) is 0 Å². The van der Waals surface area contributed by atoms with Crippen molar-refractivity contribution in [3.63, 3.8) is 0 Å². The number of hydrogen-bond donors (Lipinski definition) is 1. The van der Waals surface area contributed by atoms with Crippen LogP contribution < -0.4 is 5.32 Å². The van der Waals surface area contributed by atoms with E-state index in [-0.39, 0.29) is 24.2 Å². The van der Waals surface area contributed by atoms with Crippen molar-refractivity contribution in [2.75, 3.05) is 13.2 Å². The molecule has 0 bridgehead atoms. The molecule has 5 heteroatoms. The molecule has 2 fully saturated rings. The van der Waals surface area contributed by atoms with Crippen molar-refractivity contribution in [1.82, 2.24) is 9.88 Å². The van der Waals surface area contributed by atoms with Crippen LogP contribution in [0.2, 0.25) is 0 Å². The number of nitrogens with zero attached hydrogens (tertiary/aromatic N) is 1. The second-order valence-corrected chi connectivity index (χ2v) is 6.86. The second kappa shape index (κ2) is 6.57. The number of carbonyl (C=O) groups excluding carboxylic acids is 1. The minimum Gasteiger partial charge on any atom is -0.373 e. The van der Waals surface area contributed by atoms with E-state index in [1.807, 2.05) is 19.2 Å². The zero-order chi connectivity index (χ0) is 16.5. The van der Waals surface area contributed by atoms with Crippen LogP contribution in [0.1, 0.15) is 24.8 Å². The van der Waals surface area contributed by atoms with Crippen molar-refractivity contribution in [2.24, 2.45) is 7.05 Å². The van der Waals surface area contributed by atoms with Crippen molar-refractivity contribution >= 4 is 16.8 Å². The fourth-order valence-corrected chi connectivity index (χ4v) is 4.02. The van der Waals surface area contributed by atoms with Gasteiger partial charge in [0.15, 0.2) is 0 Å². The summed E-state index contributed by atoms with van der Waals surface area (Å²) in [4.78, 5) is 12.5. The van der Waals surface area contributed by atoms with Crippen LogP contribution >= 0.6 is 0 Å². The van der Waals surface area contributed by atoms with Gasteiger partial charge >= 0.3 is 0 Å². The first-order valence-electron chi connectivity index (χ1n) is 8.76. The number of amides is 1. The maximum Gasteiger partial charge on any atom is 0.224 e. The minimum atomic E-state index is 0.0894. The Morgan fingerprint density at radius 1 is 1.21 bits per heavy atom. The van der Waals surface area contributed by atoms with E-state index in [0.29, 0.717) is 19.6 Å². The predicted octanol–water partition coefficient (Wildman–Crippen LogP) is 2.17. The average Bonchev–Trinajstić information content (AvgIpc) is 2.91. The number of hydrogen-bond acceptors (Lipinski definition) is 3. The number of aromatic nitrogens is 1. The molecular weight excluding hydrogens is 304 g/mol. The van der Waals surface area contributed by atoms with Crippen LogP contribution in [0.4, 0.5) is 0 Å². The molecule has 128 valence electrons. The molecule has 1 aromatic carbocycles. The molecule has 2 aliphatic rings. The molecule has 2 aromatic rings. The molecule has 1 N–H and O–H groups in total. The quantitative estimate of drug-likeness (QED) is 0.939. The number of nitrogens with one attached hydrogen (secondary N) is 1. The lowest BCUT2D eigenvalue weighted by Crippen LogP contribution is -2.49. The monoisotopic (exact) mass is 328 g/mol. The number of rotatable bonds is 3. The first kappa shape index (κ1) is 15.7. The zero-order valence-electron chi connectivity index (χ0n) is 14.0. The normalized spacial score (nSPS) is 27.0. The van der Waals surface area contributed by atoms with Gasteiger partial charge in [0.2, 0.25) is 5.91 Å². The number of benzene rings is 1. The Hall–Kier alpha value is -1.85. The molecule has 1 aliphatic heterocycles. The fourth-order valence-electron chi connectivity index (χ4n) is 4.02. The van der Waals surface area contributed by atoms with E-state index < -0.39 is 0 Å². The highest BCUT2D eigenvalue weighted by Gasteiger charge is 2.34. The smallest absolute Gasteiger partial charge is 0.224 e. The highest BCUT2D eigenvalue weighted by atomic mass is 16.6. The second-order valence-electron chi connectivity index (χ2n) is 6.86. The standard InChI is InChI=1S/C19H24N2O3/c1-21-12-13(15-4-2-3-5-16(15)21)10-19(22)20-14-6-7-17-18(11-14)24-9-8-23-17/h2-5,12,14,17-18H,6-11H2,1H3,(H,20,22)/t14-,17-,18-/m1/s1. The molecule has 0 spiro atoms. The van der Waals surface area contributed by atoms with Crippen LogP contribution in [0.25, 0.3) is 10.9 Å². The topological polar surface area (TPSA) is 52.5 Å². The van der Waals surface area contributed by atoms with Crippen molar-refractivity contribution in [3.8, 4) is 0 Å². The third-order valence-corrected chi connectivity index (χ3v) is 5.17. The van der Waals surface area contributed by atoms with Crippen LogP contribution in [0.15, 0.2) is 30.5 Å². The Morgan fingerprint density at radius 2 is 2.00 bits per heavy atom. The molecule has 0 unspecified atom stereocenters. The van der Waals surface area contributed by atoms with Gasteiger partial charge in [0.05, 0.1) is 31.8 Å². The summed E-state index contributed by atoms with van der Waals surface area (Å²) in [7, 11) is 2.02. The van der Waals surface area contributed by atoms with E-state index >= 15 is 0 Å². The van der Waals surface area contributed by atoms with Crippen molar-refractivity contribution in [3.05, 3.63) is 36.0 Å². The molecular formula is C19H24N2O3. The van der Waals surface area contributed by atoms with E-state index in [1.54, 1.807) is 0 Å². The van der Waals surface area contributed by atoms with Gasteiger partial charge in [-0.1, -0.05) is 18.2 Å². The van der Waals surface area contributed by atoms with Gasteiger partial charge in [0.1, 0.15) is 0 Å². The van der Waals surface area contributed by atoms with Gasteiger partial charge in [-0.3, -0.25) is 4.79 Å². The molecule has 1 amide bonds. The van der Waals surface area contributed by atoms with Gasteiger partial charge in [0, 0.05) is 30.2 Å². The Kier molecular flexibility index (Phi) is 4.29. The number of fused-ring (bicyclic) bond motifs is 2. The van der Waals surface area contributed by atoms with Crippen LogP contribution in [-0.4, -0.2) is 41.9 Å². The Bertz CT molecular complexity index is 739. The van der Waals surface area contributed by atoms with Gasteiger partial charge in [-0.05, 0) is 30.9 Å². The van der Waals surface area contributed by atoms with E-state index in [9.17, 15) is 4.79 Å².